The maximum atomic E-state index is 13.6. The second-order valence-corrected chi connectivity index (χ2v) is 11.1. The Kier molecular flexibility index (Phi) is 5.55. The topological polar surface area (TPSA) is 63.7 Å². The number of rotatable bonds is 6. The van der Waals surface area contributed by atoms with E-state index in [9.17, 15) is 14.4 Å². The lowest BCUT2D eigenvalue weighted by atomic mass is 9.55. The van der Waals surface area contributed by atoms with E-state index < -0.39 is 17.8 Å². The molecule has 1 aliphatic heterocycles. The highest BCUT2D eigenvalue weighted by Gasteiger charge is 2.61. The summed E-state index contributed by atoms with van der Waals surface area (Å²) < 4.78 is 5.53. The molecule has 0 aromatic heterocycles. The second kappa shape index (κ2) is 8.69. The van der Waals surface area contributed by atoms with Gasteiger partial charge in [-0.15, -0.1) is 0 Å². The number of benzene rings is 3. The van der Waals surface area contributed by atoms with Crippen LogP contribution in [0.15, 0.2) is 72.8 Å². The average Bonchev–Trinajstić information content (AvgIpc) is 3.17. The van der Waals surface area contributed by atoms with Gasteiger partial charge in [0.1, 0.15) is 5.75 Å². The van der Waals surface area contributed by atoms with Gasteiger partial charge >= 0.3 is 5.97 Å². The smallest absolute Gasteiger partial charge is 0.312 e. The van der Waals surface area contributed by atoms with Crippen molar-refractivity contribution in [2.75, 3.05) is 6.54 Å². The van der Waals surface area contributed by atoms with E-state index in [1.54, 1.807) is 12.1 Å². The predicted octanol–water partition coefficient (Wildman–Crippen LogP) is 5.56. The van der Waals surface area contributed by atoms with Crippen molar-refractivity contribution in [3.63, 3.8) is 0 Å². The van der Waals surface area contributed by atoms with Crippen LogP contribution in [0.3, 0.4) is 0 Å². The fourth-order valence-electron chi connectivity index (χ4n) is 6.52. The molecule has 37 heavy (non-hydrogen) atoms. The van der Waals surface area contributed by atoms with Crippen molar-refractivity contribution < 1.29 is 19.1 Å². The van der Waals surface area contributed by atoms with Gasteiger partial charge in [0.05, 0.1) is 18.3 Å². The second-order valence-electron chi connectivity index (χ2n) is 11.1. The Balaban J connectivity index is 1.19. The van der Waals surface area contributed by atoms with E-state index in [1.165, 1.54) is 10.5 Å². The van der Waals surface area contributed by atoms with Gasteiger partial charge in [-0.25, -0.2) is 0 Å². The van der Waals surface area contributed by atoms with Crippen LogP contribution in [-0.4, -0.2) is 29.2 Å². The Morgan fingerprint density at radius 2 is 1.24 bits per heavy atom. The first-order valence-corrected chi connectivity index (χ1v) is 13.2. The molecule has 0 saturated carbocycles. The first kappa shape index (κ1) is 23.7. The molecule has 1 saturated heterocycles. The van der Waals surface area contributed by atoms with Crippen LogP contribution in [0.1, 0.15) is 73.3 Å². The van der Waals surface area contributed by atoms with Crippen LogP contribution in [0.25, 0.3) is 0 Å². The molecule has 5 nitrogen and oxygen atoms in total. The van der Waals surface area contributed by atoms with E-state index >= 15 is 0 Å². The average molecular weight is 494 g/mol. The van der Waals surface area contributed by atoms with Crippen LogP contribution in [0.2, 0.25) is 0 Å². The molecule has 2 amide bonds. The number of ether oxygens (including phenoxy) is 1. The van der Waals surface area contributed by atoms with E-state index in [0.717, 1.165) is 28.7 Å². The van der Waals surface area contributed by atoms with E-state index in [2.05, 4.69) is 45.0 Å². The lowest BCUT2D eigenvalue weighted by Crippen LogP contribution is -2.41. The summed E-state index contributed by atoms with van der Waals surface area (Å²) in [6.45, 7) is 6.54. The molecule has 3 aliphatic carbocycles. The minimum absolute atomic E-state index is 0.0334. The van der Waals surface area contributed by atoms with E-state index in [0.29, 0.717) is 5.75 Å². The van der Waals surface area contributed by atoms with E-state index in [4.69, 9.17) is 4.74 Å². The summed E-state index contributed by atoms with van der Waals surface area (Å²) in [5, 5.41) is 0. The van der Waals surface area contributed by atoms with Crippen LogP contribution in [0.5, 0.6) is 5.75 Å². The van der Waals surface area contributed by atoms with Crippen molar-refractivity contribution in [1.29, 1.82) is 0 Å². The summed E-state index contributed by atoms with van der Waals surface area (Å²) in [4.78, 5) is 41.3. The third kappa shape index (κ3) is 3.63. The molecule has 4 aliphatic rings. The minimum Gasteiger partial charge on any atom is -0.426 e. The molecule has 188 valence electrons. The number of hydrogen-bond donors (Lipinski definition) is 0. The lowest BCUT2D eigenvalue weighted by molar-refractivity contribution is -0.141. The van der Waals surface area contributed by atoms with Gasteiger partial charge in [-0.2, -0.15) is 0 Å². The van der Waals surface area contributed by atoms with Crippen molar-refractivity contribution in [1.82, 2.24) is 4.90 Å². The van der Waals surface area contributed by atoms with Gasteiger partial charge in [0, 0.05) is 18.4 Å². The molecular formula is C32H31NO4. The number of carbonyl (C=O) groups excluding carboxylic acids is 3. The molecule has 0 N–H and O–H groups in total. The fourth-order valence-corrected chi connectivity index (χ4v) is 6.52. The molecule has 5 heteroatoms. The van der Waals surface area contributed by atoms with E-state index in [-0.39, 0.29) is 42.0 Å². The van der Waals surface area contributed by atoms with Crippen LogP contribution < -0.4 is 4.74 Å². The monoisotopic (exact) mass is 493 g/mol. The standard InChI is InChI=1S/C32H31NO4/c1-4-32(2,3)19-13-15-20(16-14-19)37-25(34)17-18-33-30(35)28-26-21-9-5-6-10-22(21)27(29(28)31(33)36)24-12-8-7-11-23(24)26/h5-16,26-29H,4,17-18H2,1-3H3/t26?,27?,28-,29+. The third-order valence-corrected chi connectivity index (χ3v) is 8.83. The van der Waals surface area contributed by atoms with Gasteiger partial charge in [-0.3, -0.25) is 19.3 Å². The van der Waals surface area contributed by atoms with Crippen molar-refractivity contribution in [3.8, 4) is 5.75 Å². The van der Waals surface area contributed by atoms with Gasteiger partial charge in [0.2, 0.25) is 11.8 Å². The van der Waals surface area contributed by atoms with Gasteiger partial charge in [-0.05, 0) is 51.8 Å². The molecule has 2 bridgehead atoms. The summed E-state index contributed by atoms with van der Waals surface area (Å²) in [6, 6.07) is 23.9. The number of imide groups is 1. The number of nitrogens with zero attached hydrogens (tertiary/aromatic N) is 1. The third-order valence-electron chi connectivity index (χ3n) is 8.83. The highest BCUT2D eigenvalue weighted by Crippen LogP contribution is 2.60. The number of esters is 1. The number of hydrogen-bond acceptors (Lipinski definition) is 4. The quantitative estimate of drug-likeness (QED) is 0.256. The molecule has 3 aromatic rings. The molecule has 3 aromatic carbocycles. The van der Waals surface area contributed by atoms with Crippen molar-refractivity contribution >= 4 is 17.8 Å². The molecule has 0 unspecified atom stereocenters. The zero-order valence-electron chi connectivity index (χ0n) is 21.4. The Bertz CT molecular complexity index is 1290. The molecule has 0 radical (unpaired) electrons. The Morgan fingerprint density at radius 3 is 1.68 bits per heavy atom. The lowest BCUT2D eigenvalue weighted by Gasteiger charge is -2.45. The summed E-state index contributed by atoms with van der Waals surface area (Å²) in [5.74, 6) is -1.45. The molecule has 1 fully saturated rings. The normalized spacial score (nSPS) is 23.5. The van der Waals surface area contributed by atoms with Crippen molar-refractivity contribution in [3.05, 3.63) is 101 Å². The fraction of sp³-hybridized carbons (Fsp3) is 0.344. The molecule has 2 atom stereocenters. The Hall–Kier alpha value is -3.73. The summed E-state index contributed by atoms with van der Waals surface area (Å²) in [6.07, 6.45) is 0.970. The molecule has 0 spiro atoms. The summed E-state index contributed by atoms with van der Waals surface area (Å²) >= 11 is 0. The highest BCUT2D eigenvalue weighted by molar-refractivity contribution is 6.07. The van der Waals surface area contributed by atoms with Gasteiger partial charge < -0.3 is 4.74 Å². The SMILES string of the molecule is CCC(C)(C)c1ccc(OC(=O)CCN2C(=O)[C@@H]3C4c5ccccc5C(c5ccccc54)[C@@H]3C2=O)cc1. The first-order valence-electron chi connectivity index (χ1n) is 13.2. The van der Waals surface area contributed by atoms with Gasteiger partial charge in [0.25, 0.3) is 0 Å². The van der Waals surface area contributed by atoms with Gasteiger partial charge in [-0.1, -0.05) is 81.4 Å². The van der Waals surface area contributed by atoms with Crippen LogP contribution >= 0.6 is 0 Å². The van der Waals surface area contributed by atoms with E-state index in [1.807, 2.05) is 36.4 Å². The summed E-state index contributed by atoms with van der Waals surface area (Å²) in [7, 11) is 0. The highest BCUT2D eigenvalue weighted by atomic mass is 16.5. The minimum atomic E-state index is -0.451. The number of carbonyl (C=O) groups is 3. The summed E-state index contributed by atoms with van der Waals surface area (Å²) in [5.41, 5.74) is 5.81. The van der Waals surface area contributed by atoms with Crippen molar-refractivity contribution in [2.45, 2.75) is 50.9 Å². The molecular weight excluding hydrogens is 462 g/mol. The zero-order valence-corrected chi connectivity index (χ0v) is 21.4. The first-order chi connectivity index (χ1) is 17.8. The molecule has 7 rings (SSSR count). The number of amides is 2. The predicted molar refractivity (Wildman–Crippen MR) is 140 cm³/mol. The Labute approximate surface area is 217 Å². The maximum Gasteiger partial charge on any atom is 0.312 e. The zero-order chi connectivity index (χ0) is 25.9. The molecule has 1 heterocycles. The van der Waals surface area contributed by atoms with Crippen LogP contribution in [0.4, 0.5) is 0 Å². The largest absolute Gasteiger partial charge is 0.426 e. The van der Waals surface area contributed by atoms with Gasteiger partial charge in [0.15, 0.2) is 0 Å². The Morgan fingerprint density at radius 1 is 0.784 bits per heavy atom. The van der Waals surface area contributed by atoms with Crippen LogP contribution in [0, 0.1) is 11.8 Å². The maximum absolute atomic E-state index is 13.6. The number of likely N-dealkylation sites (tertiary alicyclic amines) is 1. The van der Waals surface area contributed by atoms with Crippen molar-refractivity contribution in [2.24, 2.45) is 11.8 Å². The van der Waals surface area contributed by atoms with Crippen LogP contribution in [-0.2, 0) is 19.8 Å².